The van der Waals surface area contributed by atoms with Crippen LogP contribution in [0.3, 0.4) is 0 Å². The molecule has 10 heteroatoms. The molecule has 2 N–H and O–H groups in total. The lowest BCUT2D eigenvalue weighted by molar-refractivity contribution is -0.118. The van der Waals surface area contributed by atoms with Crippen LogP contribution in [0.1, 0.15) is 80.7 Å². The van der Waals surface area contributed by atoms with Crippen molar-refractivity contribution in [1.82, 2.24) is 14.9 Å². The number of hydrogen-bond donors (Lipinski definition) is 2. The minimum Gasteiger partial charge on any atom is -0.444 e. The number of carbonyl (C=O) groups excluding carboxylic acids is 3. The first kappa shape index (κ1) is 30.0. The van der Waals surface area contributed by atoms with Crippen LogP contribution in [0.2, 0.25) is 0 Å². The summed E-state index contributed by atoms with van der Waals surface area (Å²) in [7, 11) is 0. The number of aromatic nitrogens is 2. The Balaban J connectivity index is 2.14. The number of alkyl carbamates (subject to hydrolysis) is 1. The van der Waals surface area contributed by atoms with Crippen LogP contribution in [0.4, 0.5) is 21.0 Å². The Morgan fingerprint density at radius 1 is 1.10 bits per heavy atom. The fraction of sp³-hybridized carbons (Fsp3) is 0.586. The molecule has 0 aliphatic carbocycles. The second-order valence-electron chi connectivity index (χ2n) is 12.5. The van der Waals surface area contributed by atoms with Gasteiger partial charge in [-0.15, -0.1) is 0 Å². The van der Waals surface area contributed by atoms with Crippen molar-refractivity contribution in [3.05, 3.63) is 24.5 Å². The molecule has 214 valence electrons. The summed E-state index contributed by atoms with van der Waals surface area (Å²) in [6.45, 7) is 21.7. The zero-order valence-corrected chi connectivity index (χ0v) is 24.7. The molecule has 2 aromatic heterocycles. The van der Waals surface area contributed by atoms with Gasteiger partial charge in [0.2, 0.25) is 5.91 Å². The van der Waals surface area contributed by atoms with Crippen LogP contribution in [0.15, 0.2) is 19.0 Å². The molecule has 2 aromatic rings. The van der Waals surface area contributed by atoms with Gasteiger partial charge in [-0.3, -0.25) is 4.79 Å². The Hall–Kier alpha value is -3.56. The summed E-state index contributed by atoms with van der Waals surface area (Å²) in [5.74, 6) is -0.462. The van der Waals surface area contributed by atoms with Gasteiger partial charge in [-0.1, -0.05) is 20.4 Å². The SMILES string of the molecule is C=C(C)c1cnc2c(c(NC(=O)C(C)C)cn2C(=O)OC(C)(C)C)c1N1CCC[C@@H](NC(=O)OC(C)(C)C)C1. The summed E-state index contributed by atoms with van der Waals surface area (Å²) in [4.78, 5) is 45.3. The molecular formula is C29H43N5O5. The summed E-state index contributed by atoms with van der Waals surface area (Å²) < 4.78 is 12.4. The Morgan fingerprint density at radius 3 is 2.31 bits per heavy atom. The molecule has 0 bridgehead atoms. The van der Waals surface area contributed by atoms with E-state index in [9.17, 15) is 14.4 Å². The number of piperidine rings is 1. The van der Waals surface area contributed by atoms with E-state index < -0.39 is 23.4 Å². The predicted octanol–water partition coefficient (Wildman–Crippen LogP) is 5.94. The van der Waals surface area contributed by atoms with E-state index in [-0.39, 0.29) is 17.9 Å². The molecular weight excluding hydrogens is 498 g/mol. The van der Waals surface area contributed by atoms with Crippen molar-refractivity contribution >= 4 is 46.1 Å². The molecule has 1 aliphatic heterocycles. The maximum Gasteiger partial charge on any atom is 0.420 e. The molecule has 1 saturated heterocycles. The number of pyridine rings is 1. The van der Waals surface area contributed by atoms with Crippen LogP contribution in [0, 0.1) is 5.92 Å². The van der Waals surface area contributed by atoms with Crippen molar-refractivity contribution in [2.24, 2.45) is 5.92 Å². The number of carbonyl (C=O) groups is 3. The zero-order valence-electron chi connectivity index (χ0n) is 24.7. The van der Waals surface area contributed by atoms with Crippen LogP contribution in [0.5, 0.6) is 0 Å². The summed E-state index contributed by atoms with van der Waals surface area (Å²) in [5, 5.41) is 6.60. The molecule has 3 heterocycles. The normalized spacial score (nSPS) is 16.3. The number of anilines is 2. The number of fused-ring (bicyclic) bond motifs is 1. The second kappa shape index (κ2) is 11.3. The lowest BCUT2D eigenvalue weighted by atomic mass is 10.00. The first-order chi connectivity index (χ1) is 18.0. The summed E-state index contributed by atoms with van der Waals surface area (Å²) in [6, 6.07) is -0.156. The zero-order chi connectivity index (χ0) is 29.3. The van der Waals surface area contributed by atoms with E-state index in [0.717, 1.165) is 29.7 Å². The predicted molar refractivity (Wildman–Crippen MR) is 154 cm³/mol. The van der Waals surface area contributed by atoms with E-state index in [2.05, 4.69) is 27.1 Å². The minimum atomic E-state index is -0.719. The van der Waals surface area contributed by atoms with Gasteiger partial charge in [0.15, 0.2) is 5.65 Å². The van der Waals surface area contributed by atoms with E-state index in [4.69, 9.17) is 9.47 Å². The highest BCUT2D eigenvalue weighted by Crippen LogP contribution is 2.40. The lowest BCUT2D eigenvalue weighted by Crippen LogP contribution is -2.49. The van der Waals surface area contributed by atoms with Crippen LogP contribution in [-0.4, -0.2) is 58.0 Å². The quantitative estimate of drug-likeness (QED) is 0.481. The molecule has 39 heavy (non-hydrogen) atoms. The standard InChI is InChI=1S/C29H43N5O5/c1-17(2)20-14-30-24-22(21(32-25(35)18(3)4)16-34(24)27(37)39-29(8,9)10)23(20)33-13-11-12-19(15-33)31-26(36)38-28(5,6)7/h14,16,18-19H,1,11-13,15H2,2-10H3,(H,31,36)(H,32,35)/t19-/m1/s1. The molecule has 0 spiro atoms. The van der Waals surface area contributed by atoms with Crippen LogP contribution in [-0.2, 0) is 14.3 Å². The van der Waals surface area contributed by atoms with E-state index in [1.165, 1.54) is 4.57 Å². The Kier molecular flexibility index (Phi) is 8.67. The van der Waals surface area contributed by atoms with Crippen molar-refractivity contribution in [1.29, 1.82) is 0 Å². The molecule has 3 rings (SSSR count). The van der Waals surface area contributed by atoms with Gasteiger partial charge < -0.3 is 25.0 Å². The smallest absolute Gasteiger partial charge is 0.420 e. The fourth-order valence-corrected chi connectivity index (χ4v) is 4.41. The van der Waals surface area contributed by atoms with Gasteiger partial charge in [-0.05, 0) is 66.9 Å². The molecule has 0 saturated carbocycles. The van der Waals surface area contributed by atoms with Crippen molar-refractivity contribution in [2.75, 3.05) is 23.3 Å². The Morgan fingerprint density at radius 2 is 1.74 bits per heavy atom. The summed E-state index contributed by atoms with van der Waals surface area (Å²) >= 11 is 0. The van der Waals surface area contributed by atoms with E-state index in [1.54, 1.807) is 47.0 Å². The minimum absolute atomic E-state index is 0.156. The molecule has 0 radical (unpaired) electrons. The number of hydrogen-bond acceptors (Lipinski definition) is 7. The van der Waals surface area contributed by atoms with Gasteiger partial charge in [0, 0.05) is 43.0 Å². The highest BCUT2D eigenvalue weighted by Gasteiger charge is 2.30. The highest BCUT2D eigenvalue weighted by molar-refractivity contribution is 6.11. The molecule has 0 unspecified atom stereocenters. The van der Waals surface area contributed by atoms with Crippen molar-refractivity contribution in [3.63, 3.8) is 0 Å². The first-order valence-corrected chi connectivity index (χ1v) is 13.5. The Bertz CT molecular complexity index is 1270. The number of allylic oxidation sites excluding steroid dienone is 1. The Labute approximate surface area is 231 Å². The molecule has 2 amide bonds. The van der Waals surface area contributed by atoms with Crippen LogP contribution < -0.4 is 15.5 Å². The third-order valence-corrected chi connectivity index (χ3v) is 6.08. The van der Waals surface area contributed by atoms with Crippen LogP contribution >= 0.6 is 0 Å². The third-order valence-electron chi connectivity index (χ3n) is 6.08. The summed E-state index contributed by atoms with van der Waals surface area (Å²) in [6.07, 6.45) is 3.82. The average Bonchev–Trinajstić information content (AvgIpc) is 3.14. The summed E-state index contributed by atoms with van der Waals surface area (Å²) in [5.41, 5.74) is 1.88. The molecule has 0 aromatic carbocycles. The van der Waals surface area contributed by atoms with Crippen molar-refractivity contribution in [3.8, 4) is 0 Å². The molecule has 1 atom stereocenters. The maximum absolute atomic E-state index is 13.2. The van der Waals surface area contributed by atoms with Gasteiger partial charge in [0.1, 0.15) is 11.2 Å². The molecule has 10 nitrogen and oxygen atoms in total. The number of ether oxygens (including phenoxy) is 2. The lowest BCUT2D eigenvalue weighted by Gasteiger charge is -2.36. The van der Waals surface area contributed by atoms with Gasteiger partial charge >= 0.3 is 12.2 Å². The number of nitrogens with zero attached hydrogens (tertiary/aromatic N) is 3. The largest absolute Gasteiger partial charge is 0.444 e. The van der Waals surface area contributed by atoms with Gasteiger partial charge in [-0.25, -0.2) is 19.1 Å². The van der Waals surface area contributed by atoms with E-state index in [0.29, 0.717) is 29.8 Å². The van der Waals surface area contributed by atoms with Crippen molar-refractivity contribution < 1.29 is 23.9 Å². The van der Waals surface area contributed by atoms with Crippen LogP contribution in [0.25, 0.3) is 16.6 Å². The topological polar surface area (TPSA) is 115 Å². The maximum atomic E-state index is 13.2. The fourth-order valence-electron chi connectivity index (χ4n) is 4.41. The second-order valence-corrected chi connectivity index (χ2v) is 12.5. The number of nitrogens with one attached hydrogen (secondary N) is 2. The highest BCUT2D eigenvalue weighted by atomic mass is 16.6. The monoisotopic (exact) mass is 541 g/mol. The van der Waals surface area contributed by atoms with Gasteiger partial charge in [0.25, 0.3) is 0 Å². The van der Waals surface area contributed by atoms with E-state index in [1.807, 2.05) is 27.7 Å². The molecule has 1 fully saturated rings. The third kappa shape index (κ3) is 7.52. The number of amides is 2. The van der Waals surface area contributed by atoms with Gasteiger partial charge in [-0.2, -0.15) is 0 Å². The number of rotatable bonds is 5. The van der Waals surface area contributed by atoms with Gasteiger partial charge in [0.05, 0.1) is 16.8 Å². The van der Waals surface area contributed by atoms with E-state index >= 15 is 0 Å². The van der Waals surface area contributed by atoms with Crippen molar-refractivity contribution in [2.45, 2.75) is 92.4 Å². The molecule has 1 aliphatic rings. The average molecular weight is 542 g/mol. The first-order valence-electron chi connectivity index (χ1n) is 13.5.